The molecule has 1 aliphatic heterocycles. The molecule has 2 unspecified atom stereocenters. The first kappa shape index (κ1) is 14.2. The topological polar surface area (TPSA) is 55.7 Å². The van der Waals surface area contributed by atoms with Crippen LogP contribution in [-0.4, -0.2) is 40.8 Å². The van der Waals surface area contributed by atoms with Crippen molar-refractivity contribution in [1.82, 2.24) is 10.2 Å². The molecule has 0 bridgehead atoms. The Kier molecular flexibility index (Phi) is 4.66. The maximum absolute atomic E-state index is 9.59. The van der Waals surface area contributed by atoms with Crippen LogP contribution in [0, 0.1) is 0 Å². The lowest BCUT2D eigenvalue weighted by molar-refractivity contribution is 0.202. The van der Waals surface area contributed by atoms with Crippen LogP contribution < -0.4 is 5.32 Å². The zero-order valence-corrected chi connectivity index (χ0v) is 11.8. The highest BCUT2D eigenvalue weighted by Crippen LogP contribution is 2.28. The maximum atomic E-state index is 9.59. The quantitative estimate of drug-likeness (QED) is 0.763. The fourth-order valence-electron chi connectivity index (χ4n) is 2.83. The van der Waals surface area contributed by atoms with Crippen LogP contribution in [0.2, 0.25) is 0 Å². The monoisotopic (exact) mass is 264 g/mol. The van der Waals surface area contributed by atoms with Crippen molar-refractivity contribution < 1.29 is 10.2 Å². The van der Waals surface area contributed by atoms with Crippen molar-refractivity contribution in [3.8, 4) is 11.5 Å². The number of phenolic OH excluding ortho intramolecular Hbond substituents is 2. The number of nitrogens with zero attached hydrogens (tertiary/aromatic N) is 1. The van der Waals surface area contributed by atoms with Gasteiger partial charge in [0.05, 0.1) is 0 Å². The second kappa shape index (κ2) is 6.26. The van der Waals surface area contributed by atoms with E-state index in [4.69, 9.17) is 0 Å². The molecular weight excluding hydrogens is 240 g/mol. The van der Waals surface area contributed by atoms with Crippen LogP contribution in [0.15, 0.2) is 18.2 Å². The van der Waals surface area contributed by atoms with E-state index >= 15 is 0 Å². The lowest BCUT2D eigenvalue weighted by atomic mass is 10.0. The molecule has 1 heterocycles. The van der Waals surface area contributed by atoms with Crippen molar-refractivity contribution in [2.45, 2.75) is 38.8 Å². The molecule has 0 aliphatic carbocycles. The van der Waals surface area contributed by atoms with Crippen molar-refractivity contribution >= 4 is 0 Å². The van der Waals surface area contributed by atoms with Crippen molar-refractivity contribution in [2.75, 3.05) is 19.6 Å². The van der Waals surface area contributed by atoms with E-state index in [-0.39, 0.29) is 17.5 Å². The Hall–Kier alpha value is -1.26. The third-order valence-electron chi connectivity index (χ3n) is 3.98. The summed E-state index contributed by atoms with van der Waals surface area (Å²) < 4.78 is 0. The number of hydrogen-bond acceptors (Lipinski definition) is 4. The first-order chi connectivity index (χ1) is 9.10. The maximum Gasteiger partial charge on any atom is 0.119 e. The number of rotatable bonds is 5. The molecule has 4 heteroatoms. The van der Waals surface area contributed by atoms with Gasteiger partial charge in [-0.25, -0.2) is 0 Å². The molecule has 0 spiro atoms. The van der Waals surface area contributed by atoms with Crippen LogP contribution in [0.4, 0.5) is 0 Å². The van der Waals surface area contributed by atoms with Crippen LogP contribution in [0.1, 0.15) is 38.3 Å². The molecule has 1 aliphatic rings. The van der Waals surface area contributed by atoms with Crippen LogP contribution in [0.3, 0.4) is 0 Å². The van der Waals surface area contributed by atoms with E-state index in [0.717, 1.165) is 25.2 Å². The summed E-state index contributed by atoms with van der Waals surface area (Å²) in [6, 6.07) is 5.58. The third-order valence-corrected chi connectivity index (χ3v) is 3.98. The predicted octanol–water partition coefficient (Wildman–Crippen LogP) is 2.23. The van der Waals surface area contributed by atoms with E-state index in [0.29, 0.717) is 6.04 Å². The standard InChI is InChI=1S/C15H24N2O2/c1-3-17(10-13-5-4-6-16-13)11(2)12-7-14(18)9-15(19)8-12/h7-9,11,13,16,18-19H,3-6,10H2,1-2H3. The third kappa shape index (κ3) is 3.61. The Morgan fingerprint density at radius 3 is 2.53 bits per heavy atom. The minimum absolute atomic E-state index is 0.122. The van der Waals surface area contributed by atoms with Crippen molar-refractivity contribution in [2.24, 2.45) is 0 Å². The predicted molar refractivity (Wildman–Crippen MR) is 76.5 cm³/mol. The second-order valence-corrected chi connectivity index (χ2v) is 5.34. The average molecular weight is 264 g/mol. The lowest BCUT2D eigenvalue weighted by Crippen LogP contribution is -2.38. The molecule has 0 aromatic heterocycles. The molecular formula is C15H24N2O2. The largest absolute Gasteiger partial charge is 0.508 e. The summed E-state index contributed by atoms with van der Waals surface area (Å²) >= 11 is 0. The van der Waals surface area contributed by atoms with Crippen molar-refractivity contribution in [1.29, 1.82) is 0 Å². The summed E-state index contributed by atoms with van der Waals surface area (Å²) in [4.78, 5) is 2.37. The number of benzene rings is 1. The van der Waals surface area contributed by atoms with Gasteiger partial charge in [-0.2, -0.15) is 0 Å². The number of hydrogen-bond donors (Lipinski definition) is 3. The Bertz CT molecular complexity index is 396. The van der Waals surface area contributed by atoms with Gasteiger partial charge in [0.1, 0.15) is 11.5 Å². The van der Waals surface area contributed by atoms with Crippen molar-refractivity contribution in [3.63, 3.8) is 0 Å². The molecule has 0 saturated carbocycles. The van der Waals surface area contributed by atoms with Gasteiger partial charge in [0, 0.05) is 24.7 Å². The smallest absolute Gasteiger partial charge is 0.119 e. The fraction of sp³-hybridized carbons (Fsp3) is 0.600. The minimum Gasteiger partial charge on any atom is -0.508 e. The highest BCUT2D eigenvalue weighted by atomic mass is 16.3. The summed E-state index contributed by atoms with van der Waals surface area (Å²) in [7, 11) is 0. The van der Waals surface area contributed by atoms with Crippen LogP contribution in [0.25, 0.3) is 0 Å². The van der Waals surface area contributed by atoms with Gasteiger partial charge in [0.2, 0.25) is 0 Å². The molecule has 1 aromatic rings. The zero-order chi connectivity index (χ0) is 13.8. The van der Waals surface area contributed by atoms with Gasteiger partial charge in [0.25, 0.3) is 0 Å². The Morgan fingerprint density at radius 1 is 1.32 bits per heavy atom. The van der Waals surface area contributed by atoms with E-state index in [2.05, 4.69) is 24.1 Å². The molecule has 0 amide bonds. The molecule has 106 valence electrons. The molecule has 1 saturated heterocycles. The molecule has 1 aromatic carbocycles. The zero-order valence-electron chi connectivity index (χ0n) is 11.8. The number of aromatic hydroxyl groups is 2. The van der Waals surface area contributed by atoms with Gasteiger partial charge in [0.15, 0.2) is 0 Å². The van der Waals surface area contributed by atoms with E-state index in [1.54, 1.807) is 12.1 Å². The Balaban J connectivity index is 2.07. The lowest BCUT2D eigenvalue weighted by Gasteiger charge is -2.30. The van der Waals surface area contributed by atoms with Gasteiger partial charge in [-0.05, 0) is 50.6 Å². The van der Waals surface area contributed by atoms with Gasteiger partial charge in [-0.15, -0.1) is 0 Å². The summed E-state index contributed by atoms with van der Waals surface area (Å²) in [5.41, 5.74) is 0.956. The molecule has 1 fully saturated rings. The molecule has 2 atom stereocenters. The van der Waals surface area contributed by atoms with Crippen molar-refractivity contribution in [3.05, 3.63) is 23.8 Å². The van der Waals surface area contributed by atoms with Gasteiger partial charge < -0.3 is 15.5 Å². The van der Waals surface area contributed by atoms with Gasteiger partial charge in [-0.1, -0.05) is 6.92 Å². The van der Waals surface area contributed by atoms with Crippen LogP contribution >= 0.6 is 0 Å². The van der Waals surface area contributed by atoms with E-state index in [9.17, 15) is 10.2 Å². The Morgan fingerprint density at radius 2 is 2.00 bits per heavy atom. The number of nitrogens with one attached hydrogen (secondary N) is 1. The first-order valence-corrected chi connectivity index (χ1v) is 7.10. The summed E-state index contributed by atoms with van der Waals surface area (Å²) in [6.07, 6.45) is 2.48. The summed E-state index contributed by atoms with van der Waals surface area (Å²) in [5, 5.41) is 22.7. The van der Waals surface area contributed by atoms with Gasteiger partial charge >= 0.3 is 0 Å². The highest BCUT2D eigenvalue weighted by Gasteiger charge is 2.21. The normalized spacial score (nSPS) is 20.9. The highest BCUT2D eigenvalue weighted by molar-refractivity contribution is 5.38. The van der Waals surface area contributed by atoms with Crippen LogP contribution in [0.5, 0.6) is 11.5 Å². The molecule has 4 nitrogen and oxygen atoms in total. The van der Waals surface area contributed by atoms with E-state index in [1.165, 1.54) is 18.9 Å². The van der Waals surface area contributed by atoms with Gasteiger partial charge in [-0.3, -0.25) is 4.90 Å². The average Bonchev–Trinajstić information content (AvgIpc) is 2.86. The van der Waals surface area contributed by atoms with E-state index < -0.39 is 0 Å². The minimum atomic E-state index is 0.122. The number of phenols is 2. The molecule has 3 N–H and O–H groups in total. The summed E-state index contributed by atoms with van der Waals surface area (Å²) in [6.45, 7) is 7.34. The first-order valence-electron chi connectivity index (χ1n) is 7.10. The SMILES string of the molecule is CCN(CC1CCCN1)C(C)c1cc(O)cc(O)c1. The molecule has 2 rings (SSSR count). The molecule has 19 heavy (non-hydrogen) atoms. The fourth-order valence-corrected chi connectivity index (χ4v) is 2.83. The summed E-state index contributed by atoms with van der Waals surface area (Å²) in [5.74, 6) is 0.244. The number of likely N-dealkylation sites (N-methyl/N-ethyl adjacent to an activating group) is 1. The van der Waals surface area contributed by atoms with Crippen LogP contribution in [-0.2, 0) is 0 Å². The second-order valence-electron chi connectivity index (χ2n) is 5.34. The Labute approximate surface area is 115 Å². The molecule has 0 radical (unpaired) electrons. The van der Waals surface area contributed by atoms with E-state index in [1.807, 2.05) is 0 Å².